The molecule has 0 unspecified atom stereocenters. The molecule has 0 bridgehead atoms. The number of hydrogen-bond acceptors (Lipinski definition) is 3. The van der Waals surface area contributed by atoms with Crippen LogP contribution in [0.25, 0.3) is 11.3 Å². The first-order valence-electron chi connectivity index (χ1n) is 9.08. The van der Waals surface area contributed by atoms with Crippen LogP contribution >= 0.6 is 0 Å². The summed E-state index contributed by atoms with van der Waals surface area (Å²) in [6.07, 6.45) is 1.61. The molecule has 6 heteroatoms. The molecule has 2 aromatic rings. The molecule has 2 heterocycles. The molecule has 0 atom stereocenters. The van der Waals surface area contributed by atoms with E-state index in [-0.39, 0.29) is 18.5 Å². The van der Waals surface area contributed by atoms with Crippen molar-refractivity contribution in [3.05, 3.63) is 48.2 Å². The minimum atomic E-state index is -0.801. The zero-order valence-corrected chi connectivity index (χ0v) is 15.0. The maximum absolute atomic E-state index is 12.8. The van der Waals surface area contributed by atoms with E-state index < -0.39 is 5.97 Å². The van der Waals surface area contributed by atoms with E-state index in [9.17, 15) is 9.59 Å². The van der Waals surface area contributed by atoms with E-state index in [4.69, 9.17) is 5.11 Å². The third-order valence-corrected chi connectivity index (χ3v) is 5.01. The molecule has 26 heavy (non-hydrogen) atoms. The summed E-state index contributed by atoms with van der Waals surface area (Å²) in [7, 11) is 0. The Kier molecular flexibility index (Phi) is 5.73. The van der Waals surface area contributed by atoms with Gasteiger partial charge in [0.1, 0.15) is 5.69 Å². The zero-order valence-electron chi connectivity index (χ0n) is 15.0. The molecule has 2 N–H and O–H groups in total. The first-order chi connectivity index (χ1) is 12.6. The van der Waals surface area contributed by atoms with Gasteiger partial charge in [-0.05, 0) is 37.1 Å². The van der Waals surface area contributed by atoms with Gasteiger partial charge in [-0.25, -0.2) is 0 Å². The monoisotopic (exact) mass is 355 g/mol. The van der Waals surface area contributed by atoms with Crippen LogP contribution in [0.1, 0.15) is 30.3 Å². The first kappa shape index (κ1) is 18.2. The Balaban J connectivity index is 1.60. The lowest BCUT2D eigenvalue weighted by molar-refractivity contribution is -0.139. The van der Waals surface area contributed by atoms with Gasteiger partial charge >= 0.3 is 5.97 Å². The minimum Gasteiger partial charge on any atom is -0.480 e. The van der Waals surface area contributed by atoms with Crippen LogP contribution in [0.15, 0.2) is 42.5 Å². The highest BCUT2D eigenvalue weighted by Gasteiger charge is 2.28. The van der Waals surface area contributed by atoms with Crippen LogP contribution in [0.3, 0.4) is 0 Å². The summed E-state index contributed by atoms with van der Waals surface area (Å²) in [5, 5.41) is 9.02. The van der Waals surface area contributed by atoms with Gasteiger partial charge < -0.3 is 15.0 Å². The number of hydrogen-bond donors (Lipinski definition) is 2. The Morgan fingerprint density at radius 1 is 1.15 bits per heavy atom. The van der Waals surface area contributed by atoms with Crippen LogP contribution in [0.4, 0.5) is 0 Å². The maximum Gasteiger partial charge on any atom is 0.317 e. The number of rotatable bonds is 6. The van der Waals surface area contributed by atoms with E-state index in [1.54, 1.807) is 0 Å². The van der Waals surface area contributed by atoms with Gasteiger partial charge in [-0.2, -0.15) is 0 Å². The van der Waals surface area contributed by atoms with Gasteiger partial charge in [0.25, 0.3) is 5.91 Å². The Labute approximate surface area is 153 Å². The number of likely N-dealkylation sites (N-methyl/N-ethyl adjacent to an activating group) is 1. The molecule has 1 aliphatic heterocycles. The van der Waals surface area contributed by atoms with Crippen molar-refractivity contribution in [3.63, 3.8) is 0 Å². The molecule has 1 aromatic heterocycles. The van der Waals surface area contributed by atoms with Gasteiger partial charge in [-0.3, -0.25) is 14.5 Å². The van der Waals surface area contributed by atoms with Crippen molar-refractivity contribution < 1.29 is 14.7 Å². The Bertz CT molecular complexity index is 749. The Morgan fingerprint density at radius 3 is 2.46 bits per heavy atom. The third-order valence-electron chi connectivity index (χ3n) is 5.01. The minimum absolute atomic E-state index is 0.00640. The van der Waals surface area contributed by atoms with Gasteiger partial charge in [-0.15, -0.1) is 0 Å². The largest absolute Gasteiger partial charge is 0.480 e. The fourth-order valence-electron chi connectivity index (χ4n) is 3.58. The number of carbonyl (C=O) groups is 2. The van der Waals surface area contributed by atoms with Crippen molar-refractivity contribution in [1.29, 1.82) is 0 Å². The second-order valence-corrected chi connectivity index (χ2v) is 6.63. The highest BCUT2D eigenvalue weighted by Crippen LogP contribution is 2.21. The number of carboxylic acid groups (broad SMARTS) is 1. The molecule has 0 spiro atoms. The average Bonchev–Trinajstić information content (AvgIpc) is 3.16. The van der Waals surface area contributed by atoms with E-state index >= 15 is 0 Å². The van der Waals surface area contributed by atoms with Gasteiger partial charge in [0.15, 0.2) is 0 Å². The molecule has 3 rings (SSSR count). The van der Waals surface area contributed by atoms with Gasteiger partial charge in [-0.1, -0.05) is 37.3 Å². The standard InChI is InChI=1S/C20H25N3O3/c1-2-22(14-19(24)25)16-10-12-23(13-11-16)20(26)18-9-8-17(21-18)15-6-4-3-5-7-15/h3-9,16,21H,2,10-14H2,1H3,(H,24,25). The van der Waals surface area contributed by atoms with E-state index in [0.717, 1.165) is 24.1 Å². The number of likely N-dealkylation sites (tertiary alicyclic amines) is 1. The molecule has 1 aliphatic rings. The molecule has 0 radical (unpaired) electrons. The van der Waals surface area contributed by atoms with Crippen LogP contribution < -0.4 is 0 Å². The summed E-state index contributed by atoms with van der Waals surface area (Å²) in [6, 6.07) is 13.9. The topological polar surface area (TPSA) is 76.6 Å². The summed E-state index contributed by atoms with van der Waals surface area (Å²) in [5.41, 5.74) is 2.58. The second kappa shape index (κ2) is 8.19. The van der Waals surface area contributed by atoms with E-state index in [2.05, 4.69) is 4.98 Å². The van der Waals surface area contributed by atoms with Crippen molar-refractivity contribution in [2.45, 2.75) is 25.8 Å². The number of nitrogens with one attached hydrogen (secondary N) is 1. The quantitative estimate of drug-likeness (QED) is 0.835. The van der Waals surface area contributed by atoms with Crippen molar-refractivity contribution >= 4 is 11.9 Å². The number of carbonyl (C=O) groups excluding carboxylic acids is 1. The van der Waals surface area contributed by atoms with Crippen LogP contribution in [0.2, 0.25) is 0 Å². The van der Waals surface area contributed by atoms with Crippen LogP contribution in [0, 0.1) is 0 Å². The lowest BCUT2D eigenvalue weighted by Crippen LogP contribution is -2.48. The normalized spacial score (nSPS) is 15.4. The smallest absolute Gasteiger partial charge is 0.317 e. The molecule has 1 aromatic carbocycles. The Hall–Kier alpha value is -2.60. The number of H-pyrrole nitrogens is 1. The van der Waals surface area contributed by atoms with Crippen LogP contribution in [-0.4, -0.2) is 64.0 Å². The Morgan fingerprint density at radius 2 is 1.85 bits per heavy atom. The number of aromatic nitrogens is 1. The third kappa shape index (κ3) is 4.14. The summed E-state index contributed by atoms with van der Waals surface area (Å²) in [4.78, 5) is 30.8. The number of amides is 1. The first-order valence-corrected chi connectivity index (χ1v) is 9.08. The predicted molar refractivity (Wildman–Crippen MR) is 100 cm³/mol. The van der Waals surface area contributed by atoms with Crippen molar-refractivity contribution in [2.75, 3.05) is 26.2 Å². The zero-order chi connectivity index (χ0) is 18.5. The maximum atomic E-state index is 12.8. The average molecular weight is 355 g/mol. The van der Waals surface area contributed by atoms with Gasteiger partial charge in [0.2, 0.25) is 0 Å². The molecule has 1 amide bonds. The van der Waals surface area contributed by atoms with E-state index in [1.807, 2.05) is 59.2 Å². The summed E-state index contributed by atoms with van der Waals surface area (Å²) < 4.78 is 0. The van der Waals surface area contributed by atoms with Crippen LogP contribution in [0.5, 0.6) is 0 Å². The molecule has 1 fully saturated rings. The second-order valence-electron chi connectivity index (χ2n) is 6.63. The van der Waals surface area contributed by atoms with Crippen molar-refractivity contribution in [2.24, 2.45) is 0 Å². The van der Waals surface area contributed by atoms with Crippen molar-refractivity contribution in [3.8, 4) is 11.3 Å². The van der Waals surface area contributed by atoms with E-state index in [1.165, 1.54) is 0 Å². The molecule has 0 aliphatic carbocycles. The molecule has 138 valence electrons. The summed E-state index contributed by atoms with van der Waals surface area (Å²) >= 11 is 0. The highest BCUT2D eigenvalue weighted by molar-refractivity contribution is 5.93. The fraction of sp³-hybridized carbons (Fsp3) is 0.400. The number of piperidine rings is 1. The number of benzene rings is 1. The molecular formula is C20H25N3O3. The predicted octanol–water partition coefficient (Wildman–Crippen LogP) is 2.69. The summed E-state index contributed by atoms with van der Waals surface area (Å²) in [5.74, 6) is -0.794. The molecule has 0 saturated carbocycles. The van der Waals surface area contributed by atoms with Gasteiger partial charge in [0.05, 0.1) is 6.54 Å². The molecule has 6 nitrogen and oxygen atoms in total. The lowest BCUT2D eigenvalue weighted by atomic mass is 10.0. The lowest BCUT2D eigenvalue weighted by Gasteiger charge is -2.37. The number of nitrogens with zero attached hydrogens (tertiary/aromatic N) is 2. The number of aliphatic carboxylic acids is 1. The fourth-order valence-corrected chi connectivity index (χ4v) is 3.58. The van der Waals surface area contributed by atoms with Crippen LogP contribution in [-0.2, 0) is 4.79 Å². The number of aromatic amines is 1. The SMILES string of the molecule is CCN(CC(=O)O)C1CCN(C(=O)c2ccc(-c3ccccc3)[nH]2)CC1. The van der Waals surface area contributed by atoms with Gasteiger partial charge in [0, 0.05) is 24.8 Å². The molecular weight excluding hydrogens is 330 g/mol. The van der Waals surface area contributed by atoms with Crippen molar-refractivity contribution in [1.82, 2.24) is 14.8 Å². The number of carboxylic acids is 1. The highest BCUT2D eigenvalue weighted by atomic mass is 16.4. The molecule has 1 saturated heterocycles. The van der Waals surface area contributed by atoms with E-state index in [0.29, 0.717) is 25.3 Å². The summed E-state index contributed by atoms with van der Waals surface area (Å²) in [6.45, 7) is 4.05.